The number of piperazine rings is 1. The highest BCUT2D eigenvalue weighted by Crippen LogP contribution is 2.27. The molecule has 3 rings (SSSR count). The number of rotatable bonds is 6. The molecule has 0 N–H and O–H groups in total. The molecular formula is C24H29FN2O2. The molecule has 0 aliphatic carbocycles. The van der Waals surface area contributed by atoms with E-state index in [-0.39, 0.29) is 29.5 Å². The molecule has 2 aromatic rings. The van der Waals surface area contributed by atoms with Crippen LogP contribution in [0.5, 0.6) is 0 Å². The average Bonchev–Trinajstić information content (AvgIpc) is 2.73. The first kappa shape index (κ1) is 21.0. The molecule has 5 heteroatoms. The predicted octanol–water partition coefficient (Wildman–Crippen LogP) is 3.80. The van der Waals surface area contributed by atoms with Crippen LogP contribution in [0.3, 0.4) is 0 Å². The lowest BCUT2D eigenvalue weighted by atomic mass is 9.81. The third-order valence-electron chi connectivity index (χ3n) is 5.70. The van der Waals surface area contributed by atoms with E-state index in [4.69, 9.17) is 0 Å². The Morgan fingerprint density at radius 3 is 2.03 bits per heavy atom. The number of carbonyl (C=O) groups excluding carboxylic acids is 2. The molecule has 4 nitrogen and oxygen atoms in total. The van der Waals surface area contributed by atoms with E-state index in [0.29, 0.717) is 44.6 Å². The average molecular weight is 397 g/mol. The van der Waals surface area contributed by atoms with Crippen molar-refractivity contribution in [3.63, 3.8) is 0 Å². The summed E-state index contributed by atoms with van der Waals surface area (Å²) in [5, 5.41) is 0. The molecule has 154 valence electrons. The predicted molar refractivity (Wildman–Crippen MR) is 112 cm³/mol. The number of aryl methyl sites for hydroxylation is 1. The van der Waals surface area contributed by atoms with Gasteiger partial charge in [-0.2, -0.15) is 0 Å². The molecule has 0 atom stereocenters. The van der Waals surface area contributed by atoms with Crippen LogP contribution in [0.2, 0.25) is 0 Å². The van der Waals surface area contributed by atoms with Crippen molar-refractivity contribution in [2.75, 3.05) is 26.2 Å². The second kappa shape index (κ2) is 9.21. The van der Waals surface area contributed by atoms with E-state index in [2.05, 4.69) is 26.0 Å². The number of benzene rings is 2. The Labute approximate surface area is 172 Å². The van der Waals surface area contributed by atoms with Crippen molar-refractivity contribution in [3.8, 4) is 0 Å². The molecule has 1 aliphatic heterocycles. The van der Waals surface area contributed by atoms with Crippen LogP contribution in [0.25, 0.3) is 0 Å². The summed E-state index contributed by atoms with van der Waals surface area (Å²) in [6.07, 6.45) is 1.13. The van der Waals surface area contributed by atoms with Gasteiger partial charge in [-0.15, -0.1) is 0 Å². The van der Waals surface area contributed by atoms with Crippen molar-refractivity contribution in [2.24, 2.45) is 0 Å². The zero-order chi connectivity index (χ0) is 20.9. The summed E-state index contributed by atoms with van der Waals surface area (Å²) >= 11 is 0. The normalized spacial score (nSPS) is 14.7. The summed E-state index contributed by atoms with van der Waals surface area (Å²) in [5.41, 5.74) is 1.48. The maximum Gasteiger partial charge on any atom is 0.223 e. The summed E-state index contributed by atoms with van der Waals surface area (Å²) in [6.45, 7) is 6.34. The van der Waals surface area contributed by atoms with Crippen molar-refractivity contribution in [1.82, 2.24) is 9.80 Å². The van der Waals surface area contributed by atoms with Crippen molar-refractivity contribution in [2.45, 2.75) is 38.5 Å². The highest BCUT2D eigenvalue weighted by atomic mass is 19.1. The number of amides is 2. The minimum atomic E-state index is -0.267. The Morgan fingerprint density at radius 1 is 0.862 bits per heavy atom. The van der Waals surface area contributed by atoms with E-state index >= 15 is 0 Å². The van der Waals surface area contributed by atoms with Crippen LogP contribution in [-0.2, 0) is 21.4 Å². The van der Waals surface area contributed by atoms with Gasteiger partial charge >= 0.3 is 0 Å². The van der Waals surface area contributed by atoms with Crippen LogP contribution in [0, 0.1) is 5.82 Å². The third-order valence-corrected chi connectivity index (χ3v) is 5.70. The van der Waals surface area contributed by atoms with Crippen LogP contribution >= 0.6 is 0 Å². The SMILES string of the molecule is CC(C)(CC(=O)N1CCN(C(=O)CCc2ccccc2F)CC1)c1ccccc1. The molecule has 0 aromatic heterocycles. The first-order chi connectivity index (χ1) is 13.9. The number of hydrogen-bond donors (Lipinski definition) is 0. The standard InChI is InChI=1S/C24H29FN2O2/c1-24(2,20-9-4-3-5-10-20)18-23(29)27-16-14-26(15-17-27)22(28)13-12-19-8-6-7-11-21(19)25/h3-11H,12-18H2,1-2H3. The maximum absolute atomic E-state index is 13.7. The molecule has 0 radical (unpaired) electrons. The maximum atomic E-state index is 13.7. The van der Waals surface area contributed by atoms with E-state index in [1.165, 1.54) is 6.07 Å². The molecule has 1 saturated heterocycles. The second-order valence-corrected chi connectivity index (χ2v) is 8.28. The van der Waals surface area contributed by atoms with Crippen LogP contribution in [0.4, 0.5) is 4.39 Å². The number of carbonyl (C=O) groups is 2. The quantitative estimate of drug-likeness (QED) is 0.745. The Bertz CT molecular complexity index is 843. The van der Waals surface area contributed by atoms with Crippen LogP contribution in [0.15, 0.2) is 54.6 Å². The van der Waals surface area contributed by atoms with E-state index in [1.807, 2.05) is 23.1 Å². The van der Waals surface area contributed by atoms with Gasteiger partial charge in [-0.05, 0) is 29.0 Å². The monoisotopic (exact) mass is 396 g/mol. The van der Waals surface area contributed by atoms with Gasteiger partial charge in [-0.25, -0.2) is 4.39 Å². The molecular weight excluding hydrogens is 367 g/mol. The molecule has 1 aliphatic rings. The molecule has 1 fully saturated rings. The second-order valence-electron chi connectivity index (χ2n) is 8.28. The van der Waals surface area contributed by atoms with Gasteiger partial charge in [-0.3, -0.25) is 9.59 Å². The number of hydrogen-bond acceptors (Lipinski definition) is 2. The lowest BCUT2D eigenvalue weighted by Crippen LogP contribution is -2.51. The zero-order valence-electron chi connectivity index (χ0n) is 17.2. The fourth-order valence-corrected chi connectivity index (χ4v) is 3.79. The summed E-state index contributed by atoms with van der Waals surface area (Å²) < 4.78 is 13.7. The minimum Gasteiger partial charge on any atom is -0.339 e. The number of halogens is 1. The van der Waals surface area contributed by atoms with E-state index in [9.17, 15) is 14.0 Å². The molecule has 0 unspecified atom stereocenters. The lowest BCUT2D eigenvalue weighted by Gasteiger charge is -2.36. The largest absolute Gasteiger partial charge is 0.339 e. The summed E-state index contributed by atoms with van der Waals surface area (Å²) in [4.78, 5) is 28.9. The molecule has 0 saturated carbocycles. The van der Waals surface area contributed by atoms with Gasteiger partial charge in [0, 0.05) is 39.0 Å². The van der Waals surface area contributed by atoms with Gasteiger partial charge in [0.15, 0.2) is 0 Å². The lowest BCUT2D eigenvalue weighted by molar-refractivity contribution is -0.140. The number of nitrogens with zero attached hydrogens (tertiary/aromatic N) is 2. The van der Waals surface area contributed by atoms with Crippen molar-refractivity contribution < 1.29 is 14.0 Å². The Kier molecular flexibility index (Phi) is 6.68. The van der Waals surface area contributed by atoms with Crippen LogP contribution in [-0.4, -0.2) is 47.8 Å². The smallest absolute Gasteiger partial charge is 0.223 e. The highest BCUT2D eigenvalue weighted by molar-refractivity contribution is 5.79. The summed E-state index contributed by atoms with van der Waals surface area (Å²) in [7, 11) is 0. The fourth-order valence-electron chi connectivity index (χ4n) is 3.79. The van der Waals surface area contributed by atoms with E-state index in [1.54, 1.807) is 23.1 Å². The van der Waals surface area contributed by atoms with E-state index < -0.39 is 0 Å². The van der Waals surface area contributed by atoms with Crippen LogP contribution in [0.1, 0.15) is 37.8 Å². The van der Waals surface area contributed by atoms with Gasteiger partial charge in [-0.1, -0.05) is 62.4 Å². The molecule has 29 heavy (non-hydrogen) atoms. The van der Waals surface area contributed by atoms with Gasteiger partial charge in [0.25, 0.3) is 0 Å². The molecule has 0 bridgehead atoms. The summed E-state index contributed by atoms with van der Waals surface area (Å²) in [6, 6.07) is 16.6. The Morgan fingerprint density at radius 2 is 1.41 bits per heavy atom. The third kappa shape index (κ3) is 5.43. The zero-order valence-corrected chi connectivity index (χ0v) is 17.2. The topological polar surface area (TPSA) is 40.6 Å². The van der Waals surface area contributed by atoms with Crippen molar-refractivity contribution >= 4 is 11.8 Å². The molecule has 2 amide bonds. The van der Waals surface area contributed by atoms with Crippen LogP contribution < -0.4 is 0 Å². The van der Waals surface area contributed by atoms with Gasteiger partial charge in [0.2, 0.25) is 11.8 Å². The Hall–Kier alpha value is -2.69. The van der Waals surface area contributed by atoms with Crippen molar-refractivity contribution in [3.05, 3.63) is 71.5 Å². The molecule has 0 spiro atoms. The first-order valence-corrected chi connectivity index (χ1v) is 10.2. The van der Waals surface area contributed by atoms with Gasteiger partial charge < -0.3 is 9.80 Å². The highest BCUT2D eigenvalue weighted by Gasteiger charge is 2.29. The van der Waals surface area contributed by atoms with Gasteiger partial charge in [0.1, 0.15) is 5.82 Å². The first-order valence-electron chi connectivity index (χ1n) is 10.2. The fraction of sp³-hybridized carbons (Fsp3) is 0.417. The van der Waals surface area contributed by atoms with Crippen molar-refractivity contribution in [1.29, 1.82) is 0 Å². The minimum absolute atomic E-state index is 0.0185. The summed E-state index contributed by atoms with van der Waals surface area (Å²) in [5.74, 6) is -0.126. The Balaban J connectivity index is 1.47. The van der Waals surface area contributed by atoms with Gasteiger partial charge in [0.05, 0.1) is 0 Å². The molecule has 1 heterocycles. The molecule has 2 aromatic carbocycles. The van der Waals surface area contributed by atoms with E-state index in [0.717, 1.165) is 5.56 Å².